The second-order valence-corrected chi connectivity index (χ2v) is 4.60. The Morgan fingerprint density at radius 3 is 2.65 bits per heavy atom. The smallest absolute Gasteiger partial charge is 0.329 e. The Balaban J connectivity index is 1.95. The zero-order valence-corrected chi connectivity index (χ0v) is 11.3. The van der Waals surface area contributed by atoms with Crippen molar-refractivity contribution < 1.29 is 0 Å². The highest BCUT2D eigenvalue weighted by Crippen LogP contribution is 2.07. The third-order valence-electron chi connectivity index (χ3n) is 3.13. The Morgan fingerprint density at radius 1 is 1.25 bits per heavy atom. The van der Waals surface area contributed by atoms with Crippen LogP contribution in [0.1, 0.15) is 12.0 Å². The Bertz CT molecular complexity index is 689. The van der Waals surface area contributed by atoms with Crippen LogP contribution in [0.2, 0.25) is 0 Å². The molecule has 6 nitrogen and oxygen atoms in total. The fourth-order valence-electron chi connectivity index (χ4n) is 1.93. The molecule has 20 heavy (non-hydrogen) atoms. The van der Waals surface area contributed by atoms with Gasteiger partial charge in [-0.3, -0.25) is 14.3 Å². The Labute approximate surface area is 116 Å². The van der Waals surface area contributed by atoms with Crippen LogP contribution in [0.3, 0.4) is 0 Å². The summed E-state index contributed by atoms with van der Waals surface area (Å²) >= 11 is 0. The van der Waals surface area contributed by atoms with E-state index in [0.717, 1.165) is 17.4 Å². The highest BCUT2D eigenvalue weighted by Gasteiger charge is 2.07. The number of hydrogen-bond acceptors (Lipinski definition) is 4. The number of nitrogens with zero attached hydrogens (tertiary/aromatic N) is 1. The lowest BCUT2D eigenvalue weighted by Crippen LogP contribution is -2.35. The van der Waals surface area contributed by atoms with Gasteiger partial charge in [-0.05, 0) is 18.4 Å². The van der Waals surface area contributed by atoms with Crippen molar-refractivity contribution >= 4 is 11.5 Å². The maximum atomic E-state index is 11.6. The second-order valence-electron chi connectivity index (χ2n) is 4.60. The molecule has 0 aliphatic heterocycles. The lowest BCUT2D eigenvalue weighted by atomic mass is 10.1. The van der Waals surface area contributed by atoms with Gasteiger partial charge in [0.2, 0.25) is 0 Å². The number of aryl methyl sites for hydroxylation is 1. The lowest BCUT2D eigenvalue weighted by molar-refractivity contribution is 0.776. The molecule has 1 aromatic heterocycles. The molecule has 0 saturated carbocycles. The summed E-state index contributed by atoms with van der Waals surface area (Å²) in [6.45, 7) is 0.627. The summed E-state index contributed by atoms with van der Waals surface area (Å²) in [7, 11) is 1.39. The third kappa shape index (κ3) is 3.09. The molecule has 0 bridgehead atoms. The average Bonchev–Trinajstić information content (AvgIpc) is 2.47. The number of aromatic amines is 1. The van der Waals surface area contributed by atoms with Gasteiger partial charge in [0.15, 0.2) is 0 Å². The predicted molar refractivity (Wildman–Crippen MR) is 80.0 cm³/mol. The highest BCUT2D eigenvalue weighted by molar-refractivity contribution is 5.59. The van der Waals surface area contributed by atoms with E-state index in [4.69, 9.17) is 5.73 Å². The summed E-state index contributed by atoms with van der Waals surface area (Å²) in [5.41, 5.74) is 6.00. The fraction of sp³-hybridized carbons (Fsp3) is 0.286. The standard InChI is InChI=1S/C14H18N4O2/c1-18-13(19)11(15)12(17-14(18)20)16-9-5-8-10-6-3-2-4-7-10/h2-4,6-7,16H,5,8-9,15H2,1H3,(H,17,20). The van der Waals surface area contributed by atoms with E-state index in [2.05, 4.69) is 22.4 Å². The molecule has 106 valence electrons. The van der Waals surface area contributed by atoms with Gasteiger partial charge < -0.3 is 11.1 Å². The summed E-state index contributed by atoms with van der Waals surface area (Å²) in [6.07, 6.45) is 1.80. The minimum absolute atomic E-state index is 0.0341. The summed E-state index contributed by atoms with van der Waals surface area (Å²) in [6, 6.07) is 10.1. The van der Waals surface area contributed by atoms with Crippen LogP contribution in [-0.4, -0.2) is 16.1 Å². The zero-order valence-electron chi connectivity index (χ0n) is 11.3. The van der Waals surface area contributed by atoms with Crippen molar-refractivity contribution in [3.63, 3.8) is 0 Å². The molecule has 1 aromatic carbocycles. The van der Waals surface area contributed by atoms with Crippen LogP contribution in [0, 0.1) is 0 Å². The maximum Gasteiger partial charge on any atom is 0.329 e. The van der Waals surface area contributed by atoms with E-state index in [1.807, 2.05) is 18.2 Å². The van der Waals surface area contributed by atoms with Gasteiger partial charge in [0.25, 0.3) is 5.56 Å². The van der Waals surface area contributed by atoms with Crippen LogP contribution >= 0.6 is 0 Å². The Morgan fingerprint density at radius 2 is 1.95 bits per heavy atom. The van der Waals surface area contributed by atoms with Gasteiger partial charge in [-0.1, -0.05) is 30.3 Å². The van der Waals surface area contributed by atoms with E-state index in [-0.39, 0.29) is 5.69 Å². The molecule has 0 aliphatic rings. The number of rotatable bonds is 5. The molecule has 2 aromatic rings. The van der Waals surface area contributed by atoms with Gasteiger partial charge in [-0.25, -0.2) is 4.79 Å². The molecular weight excluding hydrogens is 256 g/mol. The third-order valence-corrected chi connectivity index (χ3v) is 3.13. The van der Waals surface area contributed by atoms with Crippen LogP contribution in [-0.2, 0) is 13.5 Å². The molecule has 0 radical (unpaired) electrons. The number of benzene rings is 1. The van der Waals surface area contributed by atoms with Gasteiger partial charge in [0.05, 0.1) is 0 Å². The van der Waals surface area contributed by atoms with Crippen molar-refractivity contribution in [3.05, 3.63) is 56.7 Å². The summed E-state index contributed by atoms with van der Waals surface area (Å²) in [5.74, 6) is 0.297. The topological polar surface area (TPSA) is 92.9 Å². The molecule has 0 aliphatic carbocycles. The number of H-pyrrole nitrogens is 1. The molecule has 0 fully saturated rings. The van der Waals surface area contributed by atoms with E-state index in [0.29, 0.717) is 12.4 Å². The largest absolute Gasteiger partial charge is 0.391 e. The Hall–Kier alpha value is -2.50. The van der Waals surface area contributed by atoms with E-state index in [1.165, 1.54) is 12.6 Å². The SMILES string of the molecule is Cn1c(=O)[nH]c(NCCCc2ccccc2)c(N)c1=O. The van der Waals surface area contributed by atoms with Crippen molar-refractivity contribution in [2.45, 2.75) is 12.8 Å². The number of nitrogens with one attached hydrogen (secondary N) is 2. The molecule has 0 spiro atoms. The molecule has 1 heterocycles. The monoisotopic (exact) mass is 274 g/mol. The fourth-order valence-corrected chi connectivity index (χ4v) is 1.93. The van der Waals surface area contributed by atoms with Gasteiger partial charge in [0.1, 0.15) is 11.5 Å². The number of aromatic nitrogens is 2. The molecule has 0 amide bonds. The van der Waals surface area contributed by atoms with Gasteiger partial charge in [0, 0.05) is 13.6 Å². The lowest BCUT2D eigenvalue weighted by Gasteiger charge is -2.09. The predicted octanol–water partition coefficient (Wildman–Crippen LogP) is 0.700. The summed E-state index contributed by atoms with van der Waals surface area (Å²) < 4.78 is 0.949. The van der Waals surface area contributed by atoms with Gasteiger partial charge in [-0.15, -0.1) is 0 Å². The normalized spacial score (nSPS) is 10.4. The van der Waals surface area contributed by atoms with E-state index in [1.54, 1.807) is 0 Å². The maximum absolute atomic E-state index is 11.6. The molecule has 0 unspecified atom stereocenters. The van der Waals surface area contributed by atoms with Gasteiger partial charge >= 0.3 is 5.69 Å². The molecule has 0 saturated heterocycles. The van der Waals surface area contributed by atoms with Crippen molar-refractivity contribution in [1.82, 2.24) is 9.55 Å². The molecule has 0 atom stereocenters. The first kappa shape index (κ1) is 13.9. The molecule has 4 N–H and O–H groups in total. The van der Waals surface area contributed by atoms with Crippen molar-refractivity contribution in [3.8, 4) is 0 Å². The van der Waals surface area contributed by atoms with Crippen LogP contribution < -0.4 is 22.3 Å². The first-order valence-corrected chi connectivity index (χ1v) is 6.46. The van der Waals surface area contributed by atoms with Crippen LogP contribution in [0.5, 0.6) is 0 Å². The van der Waals surface area contributed by atoms with E-state index >= 15 is 0 Å². The second kappa shape index (κ2) is 6.10. The first-order chi connectivity index (χ1) is 9.59. The van der Waals surface area contributed by atoms with Crippen LogP contribution in [0.25, 0.3) is 0 Å². The van der Waals surface area contributed by atoms with E-state index < -0.39 is 11.2 Å². The minimum atomic E-state index is -0.487. The molecule has 2 rings (SSSR count). The zero-order chi connectivity index (χ0) is 14.5. The quantitative estimate of drug-likeness (QED) is 0.700. The van der Waals surface area contributed by atoms with Crippen molar-refractivity contribution in [2.75, 3.05) is 17.6 Å². The minimum Gasteiger partial charge on any atom is -0.391 e. The first-order valence-electron chi connectivity index (χ1n) is 6.46. The molecule has 6 heteroatoms. The highest BCUT2D eigenvalue weighted by atomic mass is 16.2. The van der Waals surface area contributed by atoms with Crippen LogP contribution in [0.15, 0.2) is 39.9 Å². The number of nitrogen functional groups attached to an aromatic ring is 1. The number of nitrogens with two attached hydrogens (primary N) is 1. The average molecular weight is 274 g/mol. The van der Waals surface area contributed by atoms with E-state index in [9.17, 15) is 9.59 Å². The van der Waals surface area contributed by atoms with Crippen molar-refractivity contribution in [1.29, 1.82) is 0 Å². The Kier molecular flexibility index (Phi) is 4.24. The van der Waals surface area contributed by atoms with Crippen LogP contribution in [0.4, 0.5) is 11.5 Å². The number of hydrogen-bond donors (Lipinski definition) is 3. The van der Waals surface area contributed by atoms with Gasteiger partial charge in [-0.2, -0.15) is 0 Å². The molecular formula is C14H18N4O2. The van der Waals surface area contributed by atoms with Crippen molar-refractivity contribution in [2.24, 2.45) is 7.05 Å². The number of anilines is 2. The summed E-state index contributed by atoms with van der Waals surface area (Å²) in [5, 5.41) is 3.00. The summed E-state index contributed by atoms with van der Waals surface area (Å²) in [4.78, 5) is 25.7.